The monoisotopic (exact) mass is 1980 g/mol. The van der Waals surface area contributed by atoms with Gasteiger partial charge in [0.2, 0.25) is 0 Å². The van der Waals surface area contributed by atoms with Gasteiger partial charge in [0, 0.05) is 117 Å². The van der Waals surface area contributed by atoms with Crippen molar-refractivity contribution in [2.45, 2.75) is 265 Å². The van der Waals surface area contributed by atoms with E-state index in [4.69, 9.17) is 27.4 Å². The Morgan fingerprint density at radius 3 is 0.942 bits per heavy atom. The first-order chi connectivity index (χ1) is 64.8. The van der Waals surface area contributed by atoms with Gasteiger partial charge in [0.15, 0.2) is 11.6 Å². The van der Waals surface area contributed by atoms with Gasteiger partial charge >= 0.3 is 0 Å². The van der Waals surface area contributed by atoms with Crippen molar-refractivity contribution < 1.29 is 87.4 Å². The minimum Gasteiger partial charge on any atom is -0.512 e. The summed E-state index contributed by atoms with van der Waals surface area (Å²) in [6.07, 6.45) is 19.0. The third-order valence-corrected chi connectivity index (χ3v) is 22.8. The zero-order valence-corrected chi connectivity index (χ0v) is 77.6. The molecular formula is C110H132Ir2N4O4-4. The van der Waals surface area contributed by atoms with E-state index in [1.54, 1.807) is 50.2 Å². The summed E-state index contributed by atoms with van der Waals surface area (Å²) in [5, 5.41) is 25.2. The average Bonchev–Trinajstić information content (AvgIpc) is 1.08. The van der Waals surface area contributed by atoms with E-state index in [0.29, 0.717) is 101 Å². The summed E-state index contributed by atoms with van der Waals surface area (Å²) in [7, 11) is 0. The molecule has 0 amide bonds. The van der Waals surface area contributed by atoms with E-state index in [9.17, 15) is 19.8 Å². The number of carbonyl (C=O) groups excluding carboxylic acids is 2. The average molecular weight is 1980 g/mol. The third-order valence-electron chi connectivity index (χ3n) is 22.8. The fourth-order valence-electron chi connectivity index (χ4n) is 15.8. The number of ketones is 2. The number of aryl methyl sites for hydroxylation is 8. The van der Waals surface area contributed by atoms with E-state index in [1.807, 2.05) is 142 Å². The first kappa shape index (κ1) is 71.7. The molecule has 2 fully saturated rings. The van der Waals surface area contributed by atoms with Crippen molar-refractivity contribution in [2.24, 2.45) is 23.7 Å². The van der Waals surface area contributed by atoms with Crippen LogP contribution in [0.3, 0.4) is 0 Å². The Morgan fingerprint density at radius 2 is 0.658 bits per heavy atom. The van der Waals surface area contributed by atoms with Gasteiger partial charge in [-0.05, 0) is 213 Å². The van der Waals surface area contributed by atoms with Crippen LogP contribution in [0.5, 0.6) is 0 Å². The summed E-state index contributed by atoms with van der Waals surface area (Å²) in [5.74, 6) is 2.73. The molecule has 14 rings (SSSR count). The summed E-state index contributed by atoms with van der Waals surface area (Å²) in [4.78, 5) is 40.6. The van der Waals surface area contributed by atoms with Crippen LogP contribution in [0.15, 0.2) is 194 Å². The number of carbonyl (C=O) groups is 2. The fraction of sp³-hybridized carbons (Fsp3) is 0.400. The van der Waals surface area contributed by atoms with Gasteiger partial charge in [0.25, 0.3) is 0 Å². The molecule has 638 valence electrons. The van der Waals surface area contributed by atoms with Crippen molar-refractivity contribution in [2.75, 3.05) is 0 Å². The standard InChI is InChI=1S/2C22H22N.2C20H20N.2C13H24O2.2Ir/c2*1-15-11-16(2)13-20(12-15)22-21-8-7-18(17-5-3-4-6-17)14-19(21)9-10-23-22;2*1-13(2)16-5-6-19-17(12-16)7-8-21-20(19)18-10-14(3)9-15(4)11-18;2*1-5-10(6-2)12(14)9-13(15)11(7-3)8-4;;/h2*7-12,14,17H,3-6H2,1-2H3;2*5-10,12-13H,1-4H3;2*9-11,14H,5-8H2,1-4H3;;/q4*-1;;;;/i2D3,9D,10D;1D3,9D,10D;4D3,7D,8D;3D3,7D,8D;;;;. The summed E-state index contributed by atoms with van der Waals surface area (Å²) in [6, 6.07) is 49.6. The first-order valence-electron chi connectivity index (χ1n) is 52.5. The van der Waals surface area contributed by atoms with Crippen molar-refractivity contribution in [3.8, 4) is 45.0 Å². The SMILES string of the molecule is CCC(CC)C(=O)C=C(O)C(CC)CC.CCC(CC)C(=O)C=C(O)C(CC)CC.[2H]c1nc(-c2[c-]c(C([2H])([2H])[2H])cc(C)c2)c2ccc(C(C)C)cc2c1[2H].[2H]c1nc(-c2[c-]c(C([2H])([2H])[2H])cc(C)c2)c2ccc(C3CCCC3)cc2c1[2H].[2H]c1nc(-c2[c-]c(C)cc(C([2H])([2H])[2H])c2)c2ccc(C(C)C)cc2c1[2H].[2H]c1nc(-c2[c-]c(C)cc(C([2H])([2H])[2H])c2)c2ccc(C3CCCC3)cc2c1[2H].[Ir].[Ir]. The molecule has 0 aliphatic heterocycles. The second-order valence-electron chi connectivity index (χ2n) is 32.2. The Kier molecular flexibility index (Phi) is 28.7. The van der Waals surface area contributed by atoms with Gasteiger partial charge in [0.1, 0.15) is 0 Å². The van der Waals surface area contributed by atoms with Gasteiger partial charge in [-0.25, -0.2) is 0 Å². The van der Waals surface area contributed by atoms with Crippen LogP contribution in [0.1, 0.15) is 304 Å². The first-order valence-corrected chi connectivity index (χ1v) is 42.5. The second-order valence-corrected chi connectivity index (χ2v) is 32.2. The number of nitrogens with zero attached hydrogens (tertiary/aromatic N) is 4. The molecule has 2 aliphatic rings. The molecule has 2 N–H and O–H groups in total. The zero-order chi connectivity index (χ0) is 102. The molecule has 120 heavy (non-hydrogen) atoms. The maximum absolute atomic E-state index is 11.7. The van der Waals surface area contributed by atoms with E-state index < -0.39 is 27.4 Å². The number of hydrogen-bond acceptors (Lipinski definition) is 8. The Balaban J connectivity index is 0.000000232. The molecule has 2 saturated carbocycles. The van der Waals surface area contributed by atoms with Crippen LogP contribution in [-0.2, 0) is 49.8 Å². The van der Waals surface area contributed by atoms with E-state index in [0.717, 1.165) is 121 Å². The van der Waals surface area contributed by atoms with Crippen LogP contribution in [-0.4, -0.2) is 41.7 Å². The molecule has 8 aromatic carbocycles. The Hall–Kier alpha value is -8.88. The van der Waals surface area contributed by atoms with Gasteiger partial charge in [-0.3, -0.25) is 9.59 Å². The molecule has 4 heterocycles. The van der Waals surface area contributed by atoms with Crippen molar-refractivity contribution >= 4 is 54.7 Å². The molecule has 0 unspecified atom stereocenters. The van der Waals surface area contributed by atoms with Crippen molar-refractivity contribution in [3.05, 3.63) is 285 Å². The molecule has 0 atom stereocenters. The Morgan fingerprint density at radius 1 is 0.383 bits per heavy atom. The van der Waals surface area contributed by atoms with Crippen LogP contribution in [0.2, 0.25) is 0 Å². The quantitative estimate of drug-likeness (QED) is 0.0390. The summed E-state index contributed by atoms with van der Waals surface area (Å²) in [6.45, 7) is 22.7. The predicted octanol–water partition coefficient (Wildman–Crippen LogP) is 30.6. The molecule has 12 aromatic rings. The summed E-state index contributed by atoms with van der Waals surface area (Å²) < 4.78 is 158. The zero-order valence-electron chi connectivity index (χ0n) is 92.8. The Labute approximate surface area is 775 Å². The number of allylic oxidation sites excluding steroid dienone is 4. The van der Waals surface area contributed by atoms with Crippen LogP contribution >= 0.6 is 0 Å². The smallest absolute Gasteiger partial charge is 0.162 e. The van der Waals surface area contributed by atoms with Crippen LogP contribution < -0.4 is 0 Å². The number of rotatable bonds is 22. The molecule has 8 nitrogen and oxygen atoms in total. The minimum atomic E-state index is -2.26. The van der Waals surface area contributed by atoms with E-state index in [-0.39, 0.29) is 158 Å². The third kappa shape index (κ3) is 27.1. The summed E-state index contributed by atoms with van der Waals surface area (Å²) >= 11 is 0. The summed E-state index contributed by atoms with van der Waals surface area (Å²) in [5.41, 5.74) is 12.5. The molecule has 4 aromatic heterocycles. The van der Waals surface area contributed by atoms with Gasteiger partial charge in [-0.1, -0.05) is 237 Å². The molecule has 2 radical (unpaired) electrons. The van der Waals surface area contributed by atoms with Crippen molar-refractivity contribution in [1.29, 1.82) is 0 Å². The van der Waals surface area contributed by atoms with E-state index in [1.165, 1.54) is 49.0 Å². The minimum absolute atomic E-state index is 0. The molecule has 10 heteroatoms. The maximum atomic E-state index is 11.7. The fourth-order valence-corrected chi connectivity index (χ4v) is 15.8. The van der Waals surface area contributed by atoms with Gasteiger partial charge < -0.3 is 30.1 Å². The van der Waals surface area contributed by atoms with Crippen LogP contribution in [0.25, 0.3) is 88.1 Å². The van der Waals surface area contributed by atoms with E-state index in [2.05, 4.69) is 84.0 Å². The number of aliphatic hydroxyl groups is 2. The van der Waals surface area contributed by atoms with Gasteiger partial charge in [-0.15, -0.1) is 140 Å². The molecule has 0 spiro atoms. The molecular weight excluding hydrogens is 1830 g/mol. The van der Waals surface area contributed by atoms with Crippen molar-refractivity contribution in [3.63, 3.8) is 0 Å². The van der Waals surface area contributed by atoms with Crippen LogP contribution in [0.4, 0.5) is 0 Å². The van der Waals surface area contributed by atoms with Crippen LogP contribution in [0, 0.1) is 103 Å². The predicted molar refractivity (Wildman–Crippen MR) is 500 cm³/mol. The molecule has 0 bridgehead atoms. The number of fused-ring (bicyclic) bond motifs is 4. The number of benzene rings is 8. The van der Waals surface area contributed by atoms with Gasteiger partial charge in [0.05, 0.1) is 22.5 Å². The number of aromatic nitrogens is 4. The largest absolute Gasteiger partial charge is 0.512 e. The second kappa shape index (κ2) is 48.1. The normalized spacial score (nSPS) is 15.8. The topological polar surface area (TPSA) is 126 Å². The maximum Gasteiger partial charge on any atom is 0.162 e. The number of pyridine rings is 4. The molecule has 2 aliphatic carbocycles. The van der Waals surface area contributed by atoms with Crippen molar-refractivity contribution in [1.82, 2.24) is 19.9 Å². The number of hydrogen-bond donors (Lipinski definition) is 2. The number of aliphatic hydroxyl groups excluding tert-OH is 2. The Bertz CT molecular complexity index is 6000. The molecule has 0 saturated heterocycles. The van der Waals surface area contributed by atoms with E-state index >= 15 is 0 Å². The van der Waals surface area contributed by atoms with Gasteiger partial charge in [-0.2, -0.15) is 0 Å².